The van der Waals surface area contributed by atoms with E-state index >= 15 is 0 Å². The van der Waals surface area contributed by atoms with Crippen LogP contribution in [0, 0.1) is 0 Å². The molecule has 0 radical (unpaired) electrons. The first-order chi connectivity index (χ1) is 15.5. The van der Waals surface area contributed by atoms with Crippen LogP contribution in [-0.2, 0) is 4.79 Å². The lowest BCUT2D eigenvalue weighted by atomic mass is 10.0. The predicted molar refractivity (Wildman–Crippen MR) is 133 cm³/mol. The number of rotatable bonds is 7. The van der Waals surface area contributed by atoms with Gasteiger partial charge in [-0.3, -0.25) is 4.79 Å². The van der Waals surface area contributed by atoms with Crippen LogP contribution in [0.1, 0.15) is 12.5 Å². The summed E-state index contributed by atoms with van der Waals surface area (Å²) in [5.74, 6) is 6.30. The van der Waals surface area contributed by atoms with Gasteiger partial charge in [0.2, 0.25) is 11.1 Å². The number of anilines is 2. The summed E-state index contributed by atoms with van der Waals surface area (Å²) in [5.41, 5.74) is 5.31. The van der Waals surface area contributed by atoms with Crippen molar-refractivity contribution in [2.45, 2.75) is 12.1 Å². The lowest BCUT2D eigenvalue weighted by Gasteiger charge is -2.07. The van der Waals surface area contributed by atoms with E-state index in [-0.39, 0.29) is 17.6 Å². The fourth-order valence-corrected chi connectivity index (χ4v) is 3.98. The number of para-hydroxylation sites is 1. The van der Waals surface area contributed by atoms with Gasteiger partial charge in [-0.15, -0.1) is 10.2 Å². The van der Waals surface area contributed by atoms with Crippen molar-refractivity contribution in [2.75, 3.05) is 22.3 Å². The highest BCUT2D eigenvalue weighted by atomic mass is 79.9. The van der Waals surface area contributed by atoms with E-state index in [1.807, 2.05) is 49.4 Å². The number of nitrogen functional groups attached to an aromatic ring is 1. The number of nitrogens with one attached hydrogen (secondary N) is 2. The van der Waals surface area contributed by atoms with Crippen LogP contribution in [0.2, 0.25) is 0 Å². The molecule has 0 saturated carbocycles. The molecule has 0 unspecified atom stereocenters. The van der Waals surface area contributed by atoms with E-state index in [1.54, 1.807) is 0 Å². The van der Waals surface area contributed by atoms with Gasteiger partial charge in [0.05, 0.1) is 17.2 Å². The Labute approximate surface area is 197 Å². The Balaban J connectivity index is 1.37. The molecule has 0 aliphatic carbocycles. The second-order valence-corrected chi connectivity index (χ2v) is 8.66. The van der Waals surface area contributed by atoms with Crippen LogP contribution < -0.4 is 16.6 Å². The summed E-state index contributed by atoms with van der Waals surface area (Å²) in [7, 11) is 0. The van der Waals surface area contributed by atoms with Gasteiger partial charge in [0.25, 0.3) is 5.95 Å². The van der Waals surface area contributed by atoms with Gasteiger partial charge in [0.15, 0.2) is 0 Å². The molecule has 0 spiro atoms. The highest BCUT2D eigenvalue weighted by Gasteiger charge is 2.13. The number of nitrogens with two attached hydrogens (primary N) is 1. The normalized spacial score (nSPS) is 11.5. The number of hydrazone groups is 1. The van der Waals surface area contributed by atoms with Crippen LogP contribution in [0.15, 0.2) is 81.5 Å². The maximum atomic E-state index is 12.2. The predicted octanol–water partition coefficient (Wildman–Crippen LogP) is 4.47. The number of amides is 1. The molecule has 162 valence electrons. The van der Waals surface area contributed by atoms with E-state index in [4.69, 9.17) is 5.84 Å². The van der Waals surface area contributed by atoms with Crippen LogP contribution in [-0.4, -0.2) is 32.2 Å². The maximum absolute atomic E-state index is 12.2. The standard InChI is InChI=1S/C22H20BrN7OS/c1-14(16-11-10-15-6-2-3-7-17(15)12-16)26-27-21-28-29-22(30(21)24)32-13-20(31)25-19-9-5-4-8-18(19)23/h2-12H,13,24H2,1H3,(H,25,31)(H,27,28)/b26-14+. The Bertz CT molecular complexity index is 1300. The number of fused-ring (bicyclic) bond motifs is 1. The highest BCUT2D eigenvalue weighted by molar-refractivity contribution is 9.10. The molecule has 1 heterocycles. The van der Waals surface area contributed by atoms with Gasteiger partial charge in [0, 0.05) is 4.47 Å². The number of benzene rings is 3. The average molecular weight is 510 g/mol. The van der Waals surface area contributed by atoms with Crippen LogP contribution >= 0.6 is 27.7 Å². The van der Waals surface area contributed by atoms with Crippen molar-refractivity contribution in [2.24, 2.45) is 5.10 Å². The first-order valence-corrected chi connectivity index (χ1v) is 11.5. The van der Waals surface area contributed by atoms with Gasteiger partial charge in [-0.25, -0.2) is 10.1 Å². The molecule has 4 aromatic rings. The van der Waals surface area contributed by atoms with Crippen LogP contribution in [0.4, 0.5) is 11.6 Å². The summed E-state index contributed by atoms with van der Waals surface area (Å²) in [4.78, 5) is 12.2. The van der Waals surface area contributed by atoms with Crippen LogP contribution in [0.5, 0.6) is 0 Å². The van der Waals surface area contributed by atoms with Crippen molar-refractivity contribution in [1.82, 2.24) is 14.9 Å². The maximum Gasteiger partial charge on any atom is 0.264 e. The molecule has 32 heavy (non-hydrogen) atoms. The van der Waals surface area contributed by atoms with Gasteiger partial charge in [-0.05, 0) is 57.4 Å². The zero-order chi connectivity index (χ0) is 22.5. The topological polar surface area (TPSA) is 110 Å². The molecule has 0 saturated heterocycles. The van der Waals surface area contributed by atoms with Crippen molar-refractivity contribution in [1.29, 1.82) is 0 Å². The molecule has 4 N–H and O–H groups in total. The summed E-state index contributed by atoms with van der Waals surface area (Å²) < 4.78 is 2.08. The fraction of sp³-hybridized carbons (Fsp3) is 0.0909. The average Bonchev–Trinajstić information content (AvgIpc) is 3.16. The zero-order valence-electron chi connectivity index (χ0n) is 17.1. The molecule has 8 nitrogen and oxygen atoms in total. The van der Waals surface area contributed by atoms with E-state index in [2.05, 4.69) is 66.2 Å². The van der Waals surface area contributed by atoms with Gasteiger partial charge in [-0.1, -0.05) is 60.3 Å². The molecule has 0 bridgehead atoms. The van der Waals surface area contributed by atoms with E-state index in [0.29, 0.717) is 10.8 Å². The number of hydrogen-bond donors (Lipinski definition) is 3. The van der Waals surface area contributed by atoms with Crippen molar-refractivity contribution in [3.8, 4) is 0 Å². The van der Waals surface area contributed by atoms with E-state index in [1.165, 1.54) is 21.8 Å². The van der Waals surface area contributed by atoms with E-state index < -0.39 is 0 Å². The quantitative estimate of drug-likeness (QED) is 0.146. The van der Waals surface area contributed by atoms with Crippen molar-refractivity contribution >= 4 is 61.7 Å². The van der Waals surface area contributed by atoms with Crippen molar-refractivity contribution in [3.05, 3.63) is 76.8 Å². The number of carbonyl (C=O) groups is 1. The lowest BCUT2D eigenvalue weighted by molar-refractivity contribution is -0.113. The second-order valence-electron chi connectivity index (χ2n) is 6.86. The summed E-state index contributed by atoms with van der Waals surface area (Å²) in [6, 6.07) is 21.7. The number of carbonyl (C=O) groups excluding carboxylic acids is 1. The van der Waals surface area contributed by atoms with Gasteiger partial charge in [0.1, 0.15) is 0 Å². The third-order valence-corrected chi connectivity index (χ3v) is 6.27. The molecule has 3 aromatic carbocycles. The Morgan fingerprint density at radius 3 is 2.66 bits per heavy atom. The summed E-state index contributed by atoms with van der Waals surface area (Å²) >= 11 is 4.59. The molecule has 10 heteroatoms. The van der Waals surface area contributed by atoms with E-state index in [0.717, 1.165) is 21.1 Å². The molecule has 1 amide bonds. The minimum atomic E-state index is -0.176. The van der Waals surface area contributed by atoms with Crippen LogP contribution in [0.25, 0.3) is 10.8 Å². The fourth-order valence-electron chi connectivity index (χ4n) is 2.94. The summed E-state index contributed by atoms with van der Waals surface area (Å²) in [6.07, 6.45) is 0. The first kappa shape index (κ1) is 21.8. The SMILES string of the molecule is C/C(=N\Nc1nnc(SCC(=O)Nc2ccccc2Br)n1N)c1ccc2ccccc2c1. The molecule has 0 aliphatic heterocycles. The number of halogens is 1. The molecule has 1 aromatic heterocycles. The van der Waals surface area contributed by atoms with E-state index in [9.17, 15) is 4.79 Å². The first-order valence-electron chi connectivity index (χ1n) is 9.68. The number of nitrogens with zero attached hydrogens (tertiary/aromatic N) is 4. The Hall–Kier alpha value is -3.37. The Morgan fingerprint density at radius 1 is 1.09 bits per heavy atom. The highest BCUT2D eigenvalue weighted by Crippen LogP contribution is 2.22. The molecular formula is C22H20BrN7OS. The molecule has 4 rings (SSSR count). The number of hydrogen-bond acceptors (Lipinski definition) is 7. The van der Waals surface area contributed by atoms with Crippen molar-refractivity contribution in [3.63, 3.8) is 0 Å². The van der Waals surface area contributed by atoms with Crippen LogP contribution in [0.3, 0.4) is 0 Å². The zero-order valence-corrected chi connectivity index (χ0v) is 19.5. The number of aromatic nitrogens is 3. The largest absolute Gasteiger partial charge is 0.334 e. The third-order valence-electron chi connectivity index (χ3n) is 4.64. The van der Waals surface area contributed by atoms with Crippen molar-refractivity contribution < 1.29 is 4.79 Å². The third kappa shape index (κ3) is 5.09. The van der Waals surface area contributed by atoms with Gasteiger partial charge >= 0.3 is 0 Å². The minimum Gasteiger partial charge on any atom is -0.334 e. The van der Waals surface area contributed by atoms with Gasteiger partial charge < -0.3 is 11.2 Å². The smallest absolute Gasteiger partial charge is 0.264 e. The van der Waals surface area contributed by atoms with Gasteiger partial charge in [-0.2, -0.15) is 5.10 Å². The molecule has 0 fully saturated rings. The minimum absolute atomic E-state index is 0.135. The lowest BCUT2D eigenvalue weighted by Crippen LogP contribution is -2.17. The molecular weight excluding hydrogens is 490 g/mol. The Kier molecular flexibility index (Phi) is 6.72. The second kappa shape index (κ2) is 9.84. The summed E-state index contributed by atoms with van der Waals surface area (Å²) in [5, 5.41) is 18.0. The number of thioether (sulfide) groups is 1. The molecule has 0 atom stereocenters. The molecule has 0 aliphatic rings. The monoisotopic (exact) mass is 509 g/mol. The summed E-state index contributed by atoms with van der Waals surface area (Å²) in [6.45, 7) is 1.90. The Morgan fingerprint density at radius 2 is 1.84 bits per heavy atom.